The number of nitrogens with one attached hydrogen (secondary N) is 4. The van der Waals surface area contributed by atoms with Crippen molar-refractivity contribution in [3.05, 3.63) is 111 Å². The number of nitrogens with zero attached hydrogens (tertiary/aromatic N) is 5. The van der Waals surface area contributed by atoms with Gasteiger partial charge >= 0.3 is 12.2 Å². The van der Waals surface area contributed by atoms with E-state index in [4.69, 9.17) is 19.4 Å². The zero-order valence-electron chi connectivity index (χ0n) is 41.7. The van der Waals surface area contributed by atoms with Crippen LogP contribution in [0.25, 0.3) is 50.7 Å². The highest BCUT2D eigenvalue weighted by atomic mass is 79.9. The Kier molecular flexibility index (Phi) is 15.3. The van der Waals surface area contributed by atoms with Crippen molar-refractivity contribution in [1.29, 1.82) is 0 Å². The number of halogens is 2. The predicted molar refractivity (Wildman–Crippen MR) is 282 cm³/mol. The molecule has 0 spiro atoms. The van der Waals surface area contributed by atoms with Crippen LogP contribution in [0, 0.1) is 11.8 Å². The van der Waals surface area contributed by atoms with Gasteiger partial charge in [-0.1, -0.05) is 109 Å². The number of imidazole rings is 2. The molecule has 2 saturated heterocycles. The molecule has 4 atom stereocenters. The van der Waals surface area contributed by atoms with E-state index in [1.807, 2.05) is 37.5 Å². The van der Waals surface area contributed by atoms with Crippen molar-refractivity contribution in [2.45, 2.75) is 104 Å². The Hall–Kier alpha value is -6.20. The fourth-order valence-electron chi connectivity index (χ4n) is 9.70. The lowest BCUT2D eigenvalue weighted by Crippen LogP contribution is -2.51. The summed E-state index contributed by atoms with van der Waals surface area (Å²) in [5.74, 6) is 0.782. The summed E-state index contributed by atoms with van der Waals surface area (Å²) in [5.41, 5.74) is 9.60. The average Bonchev–Trinajstić information content (AvgIpc) is 4.22. The lowest BCUT2D eigenvalue weighted by Gasteiger charge is -2.29. The number of carbonyl (C=O) groups is 4. The molecule has 4 N–H and O–H groups in total. The van der Waals surface area contributed by atoms with E-state index in [0.29, 0.717) is 24.7 Å². The van der Waals surface area contributed by atoms with Crippen molar-refractivity contribution in [2.24, 2.45) is 11.8 Å². The lowest BCUT2D eigenvalue weighted by atomic mass is 9.87. The minimum absolute atomic E-state index is 0.0130. The molecule has 2 aliphatic rings. The Balaban J connectivity index is 1.07. The van der Waals surface area contributed by atoms with Gasteiger partial charge in [-0.05, 0) is 116 Å². The first-order valence-electron chi connectivity index (χ1n) is 24.2. The van der Waals surface area contributed by atoms with E-state index in [-0.39, 0.29) is 41.1 Å². The molecule has 0 aliphatic carbocycles. The van der Waals surface area contributed by atoms with Gasteiger partial charge in [0, 0.05) is 29.9 Å². The maximum atomic E-state index is 13.8. The quantitative estimate of drug-likeness (QED) is 0.0882. The Morgan fingerprint density at radius 2 is 0.986 bits per heavy atom. The summed E-state index contributed by atoms with van der Waals surface area (Å²) in [6.07, 6.45) is 1.85. The van der Waals surface area contributed by atoms with Crippen molar-refractivity contribution in [2.75, 3.05) is 27.3 Å². The van der Waals surface area contributed by atoms with Crippen molar-refractivity contribution >= 4 is 55.9 Å². The number of benzene rings is 3. The smallest absolute Gasteiger partial charge is 0.407 e. The van der Waals surface area contributed by atoms with Gasteiger partial charge < -0.3 is 44.4 Å². The van der Waals surface area contributed by atoms with Crippen LogP contribution in [0.2, 0.25) is 0 Å². The summed E-state index contributed by atoms with van der Waals surface area (Å²) >= 11 is 7.47. The summed E-state index contributed by atoms with van der Waals surface area (Å²) in [4.78, 5) is 72.5. The largest absolute Gasteiger partial charge is 0.453 e. The van der Waals surface area contributed by atoms with Crippen LogP contribution in [0.15, 0.2) is 94.1 Å². The van der Waals surface area contributed by atoms with Gasteiger partial charge in [-0.2, -0.15) is 0 Å². The van der Waals surface area contributed by atoms with Gasteiger partial charge in [-0.3, -0.25) is 9.59 Å². The van der Waals surface area contributed by atoms with Crippen molar-refractivity contribution in [3.63, 3.8) is 0 Å². The van der Waals surface area contributed by atoms with Crippen LogP contribution in [0.4, 0.5) is 9.59 Å². The standard InChI is InChI=1S/C54H63Br2N9O6/c1-30(2)42(59-52(68)70-8)50(66)63-28-10-12-40(63)48-57-44(46(55)61-48)34-18-14-32(15-19-34)38-26-27-39(65(38)37-24-22-36(23-25-37)54(5,6)7)33-16-20-35(21-17-33)45-47(56)62-49(58-45)41-13-11-29-64(41)51(67)43(31(3)4)60-53(69)71-9/h14-27,30-31,40-43H,10-13,28-29H2,1-9H3,(H,57,61)(H,58,62)(H,59,68)(H,60,69)/t40-,41-,42-,43-/m0/s1. The molecule has 71 heavy (non-hydrogen) atoms. The minimum atomic E-state index is -0.722. The fraction of sp³-hybridized carbons (Fsp3) is 0.407. The van der Waals surface area contributed by atoms with Gasteiger partial charge in [0.1, 0.15) is 44.3 Å². The van der Waals surface area contributed by atoms with Crippen LogP contribution >= 0.6 is 31.9 Å². The zero-order valence-corrected chi connectivity index (χ0v) is 44.9. The summed E-state index contributed by atoms with van der Waals surface area (Å²) in [6.45, 7) is 15.4. The third-order valence-electron chi connectivity index (χ3n) is 13.6. The topological polar surface area (TPSA) is 180 Å². The normalized spacial score (nSPS) is 16.9. The number of aromatic amines is 2. The summed E-state index contributed by atoms with van der Waals surface area (Å²) < 4.78 is 13.4. The van der Waals surface area contributed by atoms with Gasteiger partial charge in [0.25, 0.3) is 0 Å². The first-order chi connectivity index (χ1) is 33.9. The molecule has 4 amide bonds. The zero-order chi connectivity index (χ0) is 50.9. The number of alkyl carbamates (subject to hydrolysis) is 2. The molecule has 8 rings (SSSR count). The van der Waals surface area contributed by atoms with E-state index >= 15 is 0 Å². The molecule has 15 nitrogen and oxygen atoms in total. The first kappa shape index (κ1) is 51.2. The first-order valence-corrected chi connectivity index (χ1v) is 25.8. The highest BCUT2D eigenvalue weighted by molar-refractivity contribution is 9.10. The number of likely N-dealkylation sites (tertiary alicyclic amines) is 2. The number of aromatic nitrogens is 5. The van der Waals surface area contributed by atoms with Crippen LogP contribution in [0.3, 0.4) is 0 Å². The SMILES string of the molecule is COC(=O)N[C@H](C(=O)N1CCC[C@H]1c1nc(-c2ccc(-c3ccc(-c4ccc(-c5nc([C@@H]6CCCN6C(=O)[C@@H](NC(=O)OC)C(C)C)[nH]c5Br)cc4)n3-c3ccc(C(C)(C)C)cc3)cc2)c(Br)[nH]1)C(C)C. The molecule has 2 aliphatic heterocycles. The Labute approximate surface area is 432 Å². The second kappa shape index (κ2) is 21.3. The molecule has 2 fully saturated rings. The molecule has 3 aromatic heterocycles. The van der Waals surface area contributed by atoms with Gasteiger partial charge in [0.2, 0.25) is 11.8 Å². The Morgan fingerprint density at radius 1 is 0.606 bits per heavy atom. The van der Waals surface area contributed by atoms with Gasteiger partial charge in [0.15, 0.2) is 0 Å². The maximum Gasteiger partial charge on any atom is 0.407 e. The molecule has 17 heteroatoms. The van der Waals surface area contributed by atoms with Crippen molar-refractivity contribution in [1.82, 2.24) is 44.9 Å². The average molecular weight is 1090 g/mol. The van der Waals surface area contributed by atoms with Crippen LogP contribution in [-0.4, -0.2) is 97.7 Å². The van der Waals surface area contributed by atoms with Crippen LogP contribution in [0.1, 0.15) is 103 Å². The number of rotatable bonds is 13. The molecule has 0 saturated carbocycles. The van der Waals surface area contributed by atoms with E-state index in [2.05, 4.69) is 163 Å². The third-order valence-corrected chi connectivity index (χ3v) is 14.8. The molecule has 0 bridgehead atoms. The number of hydrogen-bond acceptors (Lipinski definition) is 8. The van der Waals surface area contributed by atoms with Crippen molar-refractivity contribution < 1.29 is 28.7 Å². The number of ether oxygens (including phenoxy) is 2. The van der Waals surface area contributed by atoms with E-state index in [9.17, 15) is 19.2 Å². The summed E-state index contributed by atoms with van der Waals surface area (Å²) in [7, 11) is 2.58. The lowest BCUT2D eigenvalue weighted by molar-refractivity contribution is -0.136. The van der Waals surface area contributed by atoms with Gasteiger partial charge in [-0.25, -0.2) is 19.6 Å². The Bertz CT molecular complexity index is 2720. The third kappa shape index (κ3) is 10.7. The van der Waals surface area contributed by atoms with Crippen LogP contribution < -0.4 is 10.6 Å². The molecular weight excluding hydrogens is 1030 g/mol. The van der Waals surface area contributed by atoms with Gasteiger partial charge in [-0.15, -0.1) is 0 Å². The monoisotopic (exact) mass is 1090 g/mol. The van der Waals surface area contributed by atoms with Crippen LogP contribution in [-0.2, 0) is 24.5 Å². The van der Waals surface area contributed by atoms with Crippen molar-refractivity contribution in [3.8, 4) is 50.7 Å². The number of methoxy groups -OCH3 is 2. The van der Waals surface area contributed by atoms with E-state index in [1.165, 1.54) is 19.8 Å². The predicted octanol–water partition coefficient (Wildman–Crippen LogP) is 11.5. The molecule has 6 aromatic rings. The molecule has 0 unspecified atom stereocenters. The number of H-pyrrole nitrogens is 2. The number of carbonyl (C=O) groups excluding carboxylic acids is 4. The molecule has 5 heterocycles. The highest BCUT2D eigenvalue weighted by Crippen LogP contribution is 2.40. The molecule has 374 valence electrons. The number of amides is 4. The second-order valence-electron chi connectivity index (χ2n) is 20.1. The van der Waals surface area contributed by atoms with Gasteiger partial charge in [0.05, 0.1) is 37.7 Å². The van der Waals surface area contributed by atoms with E-state index < -0.39 is 24.3 Å². The number of hydrogen-bond donors (Lipinski definition) is 4. The molecule has 3 aromatic carbocycles. The highest BCUT2D eigenvalue weighted by Gasteiger charge is 2.39. The molecule has 0 radical (unpaired) electrons. The maximum absolute atomic E-state index is 13.8. The summed E-state index contributed by atoms with van der Waals surface area (Å²) in [6, 6.07) is 27.8. The van der Waals surface area contributed by atoms with E-state index in [1.54, 1.807) is 0 Å². The van der Waals surface area contributed by atoms with Crippen LogP contribution in [0.5, 0.6) is 0 Å². The molecular formula is C54H63Br2N9O6. The second-order valence-corrected chi connectivity index (χ2v) is 21.6. The fourth-order valence-corrected chi connectivity index (χ4v) is 10.7. The minimum Gasteiger partial charge on any atom is -0.453 e. The van der Waals surface area contributed by atoms with E-state index in [0.717, 1.165) is 85.6 Å². The summed E-state index contributed by atoms with van der Waals surface area (Å²) in [5, 5.41) is 5.45. The Morgan fingerprint density at radius 3 is 1.34 bits per heavy atom.